The number of aliphatic imine (C=N–C) groups is 1. The average molecular weight is 350 g/mol. The van der Waals surface area contributed by atoms with Crippen LogP contribution in [0.5, 0.6) is 5.75 Å². The molecule has 5 nitrogen and oxygen atoms in total. The second kappa shape index (κ2) is 5.68. The smallest absolute Gasteiger partial charge is 0.417 e. The van der Waals surface area contributed by atoms with Crippen LogP contribution in [-0.2, 0) is 11.2 Å². The van der Waals surface area contributed by atoms with Gasteiger partial charge in [0.2, 0.25) is 17.4 Å². The van der Waals surface area contributed by atoms with Crippen LogP contribution in [-0.4, -0.2) is 32.5 Å². The molecular formula is C13H10F4N2O3S. The van der Waals surface area contributed by atoms with Crippen molar-refractivity contribution in [1.29, 1.82) is 0 Å². The Labute approximate surface area is 131 Å². The third kappa shape index (κ3) is 2.36. The lowest BCUT2D eigenvalue weighted by atomic mass is 9.87. The molecule has 0 N–H and O–H groups in total. The van der Waals surface area contributed by atoms with Gasteiger partial charge in [-0.2, -0.15) is 13.2 Å². The summed E-state index contributed by atoms with van der Waals surface area (Å²) >= 11 is -1.71. The fraction of sp³-hybridized carbons (Fsp3) is 0.385. The van der Waals surface area contributed by atoms with Crippen LogP contribution in [0.15, 0.2) is 11.1 Å². The van der Waals surface area contributed by atoms with E-state index in [9.17, 15) is 27.3 Å². The van der Waals surface area contributed by atoms with E-state index in [1.807, 2.05) is 0 Å². The van der Waals surface area contributed by atoms with Crippen LogP contribution in [0.25, 0.3) is 0 Å². The molecule has 23 heavy (non-hydrogen) atoms. The number of hydrogen-bond acceptors (Lipinski definition) is 4. The number of nitrogens with zero attached hydrogens (tertiary/aromatic N) is 2. The van der Waals surface area contributed by atoms with Crippen molar-refractivity contribution < 1.29 is 31.6 Å². The van der Waals surface area contributed by atoms with Crippen LogP contribution >= 0.6 is 0 Å². The predicted octanol–water partition coefficient (Wildman–Crippen LogP) is 2.77. The molecule has 1 aromatic rings. The van der Waals surface area contributed by atoms with Crippen molar-refractivity contribution in [3.63, 3.8) is 0 Å². The maximum absolute atomic E-state index is 13.9. The molecule has 0 aromatic heterocycles. The zero-order valence-corrected chi connectivity index (χ0v) is 12.5. The van der Waals surface area contributed by atoms with Gasteiger partial charge in [-0.05, 0) is 6.42 Å². The van der Waals surface area contributed by atoms with Crippen molar-refractivity contribution in [2.24, 2.45) is 4.99 Å². The van der Waals surface area contributed by atoms with Gasteiger partial charge in [-0.3, -0.25) is 0 Å². The Hall–Kier alpha value is -1.81. The van der Waals surface area contributed by atoms with Gasteiger partial charge in [0.15, 0.2) is 17.3 Å². The monoisotopic (exact) mass is 350 g/mol. The Bertz CT molecular complexity index is 738. The largest absolute Gasteiger partial charge is 0.615 e. The number of fused-ring (bicyclic) bond motifs is 2. The lowest BCUT2D eigenvalue weighted by molar-refractivity contribution is -0.358. The molecule has 0 saturated heterocycles. The summed E-state index contributed by atoms with van der Waals surface area (Å²) in [6.45, 7) is -1.73. The molecule has 10 heteroatoms. The van der Waals surface area contributed by atoms with Gasteiger partial charge < -0.3 is 14.5 Å². The van der Waals surface area contributed by atoms with E-state index in [1.165, 1.54) is 0 Å². The van der Waals surface area contributed by atoms with E-state index in [0.29, 0.717) is 6.07 Å². The van der Waals surface area contributed by atoms with Crippen LogP contribution < -0.4 is 4.74 Å². The molecule has 2 unspecified atom stereocenters. The first-order valence-corrected chi connectivity index (χ1v) is 7.92. The van der Waals surface area contributed by atoms with Crippen LogP contribution in [0.3, 0.4) is 0 Å². The van der Waals surface area contributed by atoms with Crippen molar-refractivity contribution in [3.8, 4) is 5.75 Å². The Morgan fingerprint density at radius 3 is 2.78 bits per heavy atom. The minimum atomic E-state index is -3.39. The van der Waals surface area contributed by atoms with E-state index in [1.54, 1.807) is 6.92 Å². The van der Waals surface area contributed by atoms with Crippen LogP contribution in [0.2, 0.25) is 0 Å². The fourth-order valence-electron chi connectivity index (χ4n) is 2.79. The van der Waals surface area contributed by atoms with E-state index < -0.39 is 46.8 Å². The number of hydrogen-bond donors (Lipinski definition) is 0. The zero-order valence-electron chi connectivity index (χ0n) is 11.7. The number of halogens is 4. The summed E-state index contributed by atoms with van der Waals surface area (Å²) in [5.74, 6) is -5.04. The molecule has 0 amide bonds. The van der Waals surface area contributed by atoms with Crippen LogP contribution in [0, 0.1) is 16.8 Å². The van der Waals surface area contributed by atoms with Crippen molar-refractivity contribution >= 4 is 27.6 Å². The lowest BCUT2D eigenvalue weighted by Crippen LogP contribution is -2.35. The molecule has 1 aromatic carbocycles. The summed E-state index contributed by atoms with van der Waals surface area (Å²) in [7, 11) is 0. The Kier molecular flexibility index (Phi) is 3.96. The highest BCUT2D eigenvalue weighted by molar-refractivity contribution is 8.08. The normalized spacial score (nSPS) is 23.0. The highest BCUT2D eigenvalue weighted by Gasteiger charge is 2.49. The molecule has 0 saturated carbocycles. The molecule has 0 spiro atoms. The van der Waals surface area contributed by atoms with Gasteiger partial charge in [-0.25, -0.2) is 9.38 Å². The van der Waals surface area contributed by atoms with E-state index in [4.69, 9.17) is 0 Å². The molecular weight excluding hydrogens is 340 g/mol. The Morgan fingerprint density at radius 1 is 1.48 bits per heavy atom. The van der Waals surface area contributed by atoms with Gasteiger partial charge in [-0.15, -0.1) is 4.74 Å². The highest BCUT2D eigenvalue weighted by Crippen LogP contribution is 2.45. The summed E-state index contributed by atoms with van der Waals surface area (Å²) in [4.78, 5) is 3.99. The predicted molar refractivity (Wildman–Crippen MR) is 74.8 cm³/mol. The van der Waals surface area contributed by atoms with E-state index >= 15 is 0 Å². The summed E-state index contributed by atoms with van der Waals surface area (Å²) in [6.07, 6.45) is 0.255. The first kappa shape index (κ1) is 16.1. The molecule has 0 fully saturated rings. The van der Waals surface area contributed by atoms with Crippen molar-refractivity contribution in [3.05, 3.63) is 28.5 Å². The SMILES string of the molecule is CCC1C2=NC[S+]([O-])C2=[N+]([O-])c2cc(F)c(F)c(OC(F)F)c21. The second-order valence-electron chi connectivity index (χ2n) is 4.89. The number of ether oxygens (including phenoxy) is 1. The number of alkyl halides is 2. The molecule has 0 aliphatic carbocycles. The first-order chi connectivity index (χ1) is 10.9. The molecule has 0 bridgehead atoms. The topological polar surface area (TPSA) is 70.7 Å². The number of rotatable bonds is 3. The lowest BCUT2D eigenvalue weighted by Gasteiger charge is -2.24. The molecule has 2 aliphatic heterocycles. The van der Waals surface area contributed by atoms with Crippen LogP contribution in [0.4, 0.5) is 23.2 Å². The van der Waals surface area contributed by atoms with Gasteiger partial charge in [0.05, 0.1) is 22.8 Å². The molecule has 2 heterocycles. The Morgan fingerprint density at radius 2 is 2.17 bits per heavy atom. The minimum absolute atomic E-state index is 0.137. The van der Waals surface area contributed by atoms with Gasteiger partial charge >= 0.3 is 11.7 Å². The fourth-order valence-corrected chi connectivity index (χ4v) is 3.89. The van der Waals surface area contributed by atoms with Gasteiger partial charge in [0.1, 0.15) is 0 Å². The van der Waals surface area contributed by atoms with Crippen LogP contribution in [0.1, 0.15) is 24.8 Å². The van der Waals surface area contributed by atoms with Crippen molar-refractivity contribution in [2.75, 3.05) is 5.88 Å². The van der Waals surface area contributed by atoms with E-state index in [2.05, 4.69) is 9.73 Å². The average Bonchev–Trinajstić information content (AvgIpc) is 2.87. The maximum atomic E-state index is 13.9. The third-order valence-corrected chi connectivity index (χ3v) is 4.85. The molecule has 3 rings (SSSR count). The summed E-state index contributed by atoms with van der Waals surface area (Å²) in [5, 5.41) is 12.2. The highest BCUT2D eigenvalue weighted by atomic mass is 32.2. The second-order valence-corrected chi connectivity index (χ2v) is 6.23. The van der Waals surface area contributed by atoms with E-state index in [0.717, 1.165) is 0 Å². The molecule has 2 atom stereocenters. The minimum Gasteiger partial charge on any atom is -0.615 e. The maximum Gasteiger partial charge on any atom is 0.417 e. The summed E-state index contributed by atoms with van der Waals surface area (Å²) < 4.78 is 69.0. The number of benzene rings is 1. The first-order valence-electron chi connectivity index (χ1n) is 6.60. The Balaban J connectivity index is 2.33. The van der Waals surface area contributed by atoms with Crippen molar-refractivity contribution in [2.45, 2.75) is 25.9 Å². The summed E-state index contributed by atoms with van der Waals surface area (Å²) in [5.41, 5.74) is -0.461. The van der Waals surface area contributed by atoms with E-state index in [-0.39, 0.29) is 33.4 Å². The van der Waals surface area contributed by atoms with Gasteiger partial charge in [0.25, 0.3) is 0 Å². The molecule has 124 valence electrons. The van der Waals surface area contributed by atoms with Crippen molar-refractivity contribution in [1.82, 2.24) is 0 Å². The van der Waals surface area contributed by atoms with Gasteiger partial charge in [-0.1, -0.05) is 6.92 Å². The quantitative estimate of drug-likeness (QED) is 0.364. The molecule has 2 aliphatic rings. The standard InChI is InChI=1S/C13H10F4N2O3S/c1-2-5-8-7(19(20)12-10(5)18-4-23(12)21)3-6(14)9(15)11(8)22-13(16)17/h3,5,13H,2,4H2,1H3. The van der Waals surface area contributed by atoms with Gasteiger partial charge in [0, 0.05) is 5.92 Å². The zero-order chi connectivity index (χ0) is 16.9. The summed E-state index contributed by atoms with van der Waals surface area (Å²) in [6, 6.07) is 0.595. The molecule has 0 radical (unpaired) electrons. The third-order valence-electron chi connectivity index (χ3n) is 3.68.